The van der Waals surface area contributed by atoms with Gasteiger partial charge < -0.3 is 9.64 Å². The summed E-state index contributed by atoms with van der Waals surface area (Å²) in [6, 6.07) is 5.90. The molecule has 2 aliphatic rings. The Morgan fingerprint density at radius 2 is 1.85 bits per heavy atom. The Labute approximate surface area is 153 Å². The van der Waals surface area contributed by atoms with Crippen molar-refractivity contribution in [3.05, 3.63) is 36.3 Å². The first-order chi connectivity index (χ1) is 12.3. The molecule has 6 heteroatoms. The number of Topliss-reactive ketones (excluding diaryl/α,β-unsaturated/α-hetero) is 1. The van der Waals surface area contributed by atoms with E-state index in [1.807, 2.05) is 54.5 Å². The number of ketones is 1. The predicted molar refractivity (Wildman–Crippen MR) is 97.1 cm³/mol. The Bertz CT molecular complexity index is 837. The molecule has 4 rings (SSSR count). The smallest absolute Gasteiger partial charge is 0.410 e. The lowest BCUT2D eigenvalue weighted by molar-refractivity contribution is 0.00250. The number of aromatic nitrogens is 2. The van der Waals surface area contributed by atoms with Gasteiger partial charge in [0.05, 0.1) is 6.20 Å². The van der Waals surface area contributed by atoms with Crippen molar-refractivity contribution in [1.29, 1.82) is 0 Å². The van der Waals surface area contributed by atoms with E-state index < -0.39 is 5.60 Å². The van der Waals surface area contributed by atoms with Crippen LogP contribution in [0.15, 0.2) is 30.6 Å². The Morgan fingerprint density at radius 3 is 2.50 bits per heavy atom. The van der Waals surface area contributed by atoms with Crippen LogP contribution in [0, 0.1) is 5.92 Å². The number of ether oxygens (including phenoxy) is 1. The number of carbonyl (C=O) groups excluding carboxylic acids is 2. The van der Waals surface area contributed by atoms with E-state index in [2.05, 4.69) is 4.98 Å². The highest BCUT2D eigenvalue weighted by molar-refractivity contribution is 5.97. The third kappa shape index (κ3) is 2.97. The molecule has 0 spiro atoms. The number of hydrogen-bond donors (Lipinski definition) is 0. The molecule has 0 aliphatic carbocycles. The van der Waals surface area contributed by atoms with Crippen LogP contribution in [0.2, 0.25) is 0 Å². The largest absolute Gasteiger partial charge is 0.444 e. The zero-order valence-electron chi connectivity index (χ0n) is 15.5. The monoisotopic (exact) mass is 355 g/mol. The van der Waals surface area contributed by atoms with Crippen molar-refractivity contribution in [1.82, 2.24) is 14.3 Å². The van der Waals surface area contributed by atoms with Gasteiger partial charge in [0, 0.05) is 24.2 Å². The minimum Gasteiger partial charge on any atom is -0.444 e. The van der Waals surface area contributed by atoms with Gasteiger partial charge >= 0.3 is 6.09 Å². The highest BCUT2D eigenvalue weighted by Gasteiger charge is 2.46. The third-order valence-corrected chi connectivity index (χ3v) is 5.38. The van der Waals surface area contributed by atoms with Crippen LogP contribution in [-0.4, -0.2) is 43.8 Å². The number of pyridine rings is 1. The molecule has 138 valence electrons. The summed E-state index contributed by atoms with van der Waals surface area (Å²) in [5, 5.41) is 0. The van der Waals surface area contributed by atoms with Crippen LogP contribution in [0.25, 0.3) is 5.65 Å². The maximum Gasteiger partial charge on any atom is 0.410 e. The topological polar surface area (TPSA) is 63.9 Å². The summed E-state index contributed by atoms with van der Waals surface area (Å²) in [5.41, 5.74) is 0.917. The molecular weight excluding hydrogens is 330 g/mol. The van der Waals surface area contributed by atoms with Crippen molar-refractivity contribution in [3.8, 4) is 0 Å². The Balaban J connectivity index is 1.52. The molecule has 2 fully saturated rings. The summed E-state index contributed by atoms with van der Waals surface area (Å²) >= 11 is 0. The van der Waals surface area contributed by atoms with E-state index in [1.165, 1.54) is 0 Å². The van der Waals surface area contributed by atoms with Gasteiger partial charge in [-0.3, -0.25) is 9.20 Å². The molecule has 2 bridgehead atoms. The first kappa shape index (κ1) is 17.1. The van der Waals surface area contributed by atoms with Gasteiger partial charge in [-0.25, -0.2) is 9.78 Å². The van der Waals surface area contributed by atoms with E-state index in [0.717, 1.165) is 18.5 Å². The highest BCUT2D eigenvalue weighted by atomic mass is 16.6. The molecule has 0 aromatic carbocycles. The molecule has 6 nitrogen and oxygen atoms in total. The number of amides is 1. The van der Waals surface area contributed by atoms with Crippen LogP contribution in [-0.2, 0) is 4.74 Å². The summed E-state index contributed by atoms with van der Waals surface area (Å²) in [4.78, 5) is 31.9. The summed E-state index contributed by atoms with van der Waals surface area (Å²) in [6.07, 6.45) is 6.59. The normalized spacial score (nSPS) is 25.5. The van der Waals surface area contributed by atoms with Crippen molar-refractivity contribution >= 4 is 17.5 Å². The first-order valence-corrected chi connectivity index (χ1v) is 9.31. The van der Waals surface area contributed by atoms with Gasteiger partial charge in [-0.2, -0.15) is 0 Å². The van der Waals surface area contributed by atoms with Gasteiger partial charge in [0.2, 0.25) is 0 Å². The van der Waals surface area contributed by atoms with Gasteiger partial charge in [0.15, 0.2) is 5.78 Å². The summed E-state index contributed by atoms with van der Waals surface area (Å²) in [6.45, 7) is 5.65. The molecule has 2 aromatic heterocycles. The van der Waals surface area contributed by atoms with Gasteiger partial charge in [0.1, 0.15) is 16.9 Å². The van der Waals surface area contributed by atoms with Crippen molar-refractivity contribution in [2.45, 2.75) is 64.1 Å². The molecule has 0 radical (unpaired) electrons. The minimum atomic E-state index is -0.500. The van der Waals surface area contributed by atoms with Crippen molar-refractivity contribution < 1.29 is 14.3 Å². The van der Waals surface area contributed by atoms with Crippen LogP contribution in [0.5, 0.6) is 0 Å². The summed E-state index contributed by atoms with van der Waals surface area (Å²) < 4.78 is 7.42. The highest BCUT2D eigenvalue weighted by Crippen LogP contribution is 2.40. The zero-order chi connectivity index (χ0) is 18.5. The molecule has 2 saturated heterocycles. The molecule has 2 unspecified atom stereocenters. The maximum atomic E-state index is 13.1. The number of piperidine rings is 1. The van der Waals surface area contributed by atoms with Crippen molar-refractivity contribution in [2.75, 3.05) is 0 Å². The molecule has 2 atom stereocenters. The van der Waals surface area contributed by atoms with Crippen LogP contribution in [0.3, 0.4) is 0 Å². The average Bonchev–Trinajstić information content (AvgIpc) is 3.11. The molecule has 2 aliphatic heterocycles. The summed E-state index contributed by atoms with van der Waals surface area (Å²) in [7, 11) is 0. The molecule has 2 aromatic rings. The number of fused-ring (bicyclic) bond motifs is 3. The first-order valence-electron chi connectivity index (χ1n) is 9.31. The third-order valence-electron chi connectivity index (χ3n) is 5.38. The fourth-order valence-corrected chi connectivity index (χ4v) is 4.33. The minimum absolute atomic E-state index is 0.0636. The number of nitrogens with zero attached hydrogens (tertiary/aromatic N) is 3. The second-order valence-corrected chi connectivity index (χ2v) is 8.38. The van der Waals surface area contributed by atoms with Crippen LogP contribution in [0.4, 0.5) is 4.79 Å². The Morgan fingerprint density at radius 1 is 1.15 bits per heavy atom. The lowest BCUT2D eigenvalue weighted by Crippen LogP contribution is -2.49. The van der Waals surface area contributed by atoms with Crippen LogP contribution < -0.4 is 0 Å². The lowest BCUT2D eigenvalue weighted by atomic mass is 9.86. The second-order valence-electron chi connectivity index (χ2n) is 8.38. The molecule has 0 N–H and O–H groups in total. The van der Waals surface area contributed by atoms with Crippen molar-refractivity contribution in [2.24, 2.45) is 5.92 Å². The molecule has 1 amide bonds. The number of rotatable bonds is 2. The number of hydrogen-bond acceptors (Lipinski definition) is 4. The van der Waals surface area contributed by atoms with Crippen LogP contribution >= 0.6 is 0 Å². The standard InChI is InChI=1S/C20H25N3O3/c1-20(2,3)26-19(25)23-14-7-8-15(23)11-13(10-14)18(24)16-12-21-17-6-4-5-9-22(16)17/h4-6,9,12-15H,7-8,10-11H2,1-3H3. The van der Waals surface area contributed by atoms with Gasteiger partial charge in [0.25, 0.3) is 0 Å². The van der Waals surface area contributed by atoms with Gasteiger partial charge in [-0.05, 0) is 58.6 Å². The fraction of sp³-hybridized carbons (Fsp3) is 0.550. The average molecular weight is 355 g/mol. The molecule has 4 heterocycles. The van der Waals surface area contributed by atoms with Gasteiger partial charge in [-0.1, -0.05) is 6.07 Å². The zero-order valence-corrected chi connectivity index (χ0v) is 15.5. The van der Waals surface area contributed by atoms with Crippen LogP contribution in [0.1, 0.15) is 56.9 Å². The Kier molecular flexibility index (Phi) is 4.01. The maximum absolute atomic E-state index is 13.1. The Hall–Kier alpha value is -2.37. The van der Waals surface area contributed by atoms with E-state index >= 15 is 0 Å². The summed E-state index contributed by atoms with van der Waals surface area (Å²) in [5.74, 6) is 0.0655. The van der Waals surface area contributed by atoms with Gasteiger partial charge in [-0.15, -0.1) is 0 Å². The predicted octanol–water partition coefficient (Wildman–Crippen LogP) is 3.70. The van der Waals surface area contributed by atoms with E-state index in [4.69, 9.17) is 4.74 Å². The molecule has 26 heavy (non-hydrogen) atoms. The fourth-order valence-electron chi connectivity index (χ4n) is 4.33. The van der Waals surface area contributed by atoms with E-state index in [0.29, 0.717) is 18.5 Å². The molecular formula is C20H25N3O3. The molecule has 0 saturated carbocycles. The van der Waals surface area contributed by atoms with E-state index in [9.17, 15) is 9.59 Å². The van der Waals surface area contributed by atoms with Crippen molar-refractivity contribution in [3.63, 3.8) is 0 Å². The lowest BCUT2D eigenvalue weighted by Gasteiger charge is -2.38. The SMILES string of the molecule is CC(C)(C)OC(=O)N1C2CCC1CC(C(=O)c1cnc3ccccn13)C2. The number of imidazole rings is 1. The number of carbonyl (C=O) groups is 2. The van der Waals surface area contributed by atoms with E-state index in [1.54, 1.807) is 6.20 Å². The quantitative estimate of drug-likeness (QED) is 0.771. The second kappa shape index (κ2) is 6.11. The van der Waals surface area contributed by atoms with E-state index in [-0.39, 0.29) is 29.9 Å².